The van der Waals surface area contributed by atoms with Gasteiger partial charge in [-0.1, -0.05) is 19.8 Å². The van der Waals surface area contributed by atoms with Crippen molar-refractivity contribution in [3.8, 4) is 0 Å². The first kappa shape index (κ1) is 18.4. The Balaban J connectivity index is 0. The molecule has 2 nitrogen and oxygen atoms in total. The van der Waals surface area contributed by atoms with Crippen LogP contribution in [0.15, 0.2) is 0 Å². The van der Waals surface area contributed by atoms with Crippen molar-refractivity contribution >= 4 is 8.05 Å². The van der Waals surface area contributed by atoms with Crippen LogP contribution in [0.2, 0.25) is 0 Å². The molecule has 0 unspecified atom stereocenters. The van der Waals surface area contributed by atoms with E-state index < -0.39 is 0 Å². The second-order valence-electron chi connectivity index (χ2n) is 4.31. The average Bonchev–Trinajstić information content (AvgIpc) is 2.34. The molecule has 0 bridgehead atoms. The third kappa shape index (κ3) is 9.23. The molecule has 0 aliphatic carbocycles. The van der Waals surface area contributed by atoms with Crippen molar-refractivity contribution in [1.29, 1.82) is 0 Å². The predicted molar refractivity (Wildman–Crippen MR) is 76.4 cm³/mol. The van der Waals surface area contributed by atoms with Crippen LogP contribution in [0.3, 0.4) is 0 Å². The zero-order chi connectivity index (χ0) is 12.9. The van der Waals surface area contributed by atoms with Gasteiger partial charge in [-0.25, -0.2) is 0 Å². The summed E-state index contributed by atoms with van der Waals surface area (Å²) in [5.74, 6) is 0. The zero-order valence-electron chi connectivity index (χ0n) is 12.5. The van der Waals surface area contributed by atoms with Gasteiger partial charge >= 0.3 is 0 Å². The molecule has 0 amide bonds. The van der Waals surface area contributed by atoms with E-state index in [1.165, 1.54) is 49.9 Å². The molecule has 0 fully saturated rings. The molecule has 0 heterocycles. The van der Waals surface area contributed by atoms with E-state index in [9.17, 15) is 0 Å². The Hall–Kier alpha value is -0.0151. The molecule has 0 saturated heterocycles. The van der Waals surface area contributed by atoms with Gasteiger partial charge < -0.3 is 9.14 Å². The van der Waals surface area contributed by atoms with Gasteiger partial charge in [0, 0.05) is 6.61 Å². The van der Waals surface area contributed by atoms with Gasteiger partial charge in [-0.2, -0.15) is 0 Å². The molecule has 0 aliphatic heterocycles. The molecule has 0 aliphatic rings. The molecule has 16 heavy (non-hydrogen) atoms. The maximum atomic E-state index is 4.84. The van der Waals surface area contributed by atoms with Crippen LogP contribution in [-0.4, -0.2) is 45.3 Å². The van der Waals surface area contributed by atoms with Crippen LogP contribution < -0.4 is 0 Å². The van der Waals surface area contributed by atoms with Gasteiger partial charge in [0.2, 0.25) is 0 Å². The quantitative estimate of drug-likeness (QED) is 0.354. The van der Waals surface area contributed by atoms with Crippen LogP contribution in [0.4, 0.5) is 0 Å². The first-order valence-electron chi connectivity index (χ1n) is 7.00. The fraction of sp³-hybridized carbons (Fsp3) is 1.00. The third-order valence-electron chi connectivity index (χ3n) is 3.64. The van der Waals surface area contributed by atoms with Crippen molar-refractivity contribution in [1.82, 2.24) is 0 Å². The first-order valence-corrected chi connectivity index (χ1v) is 7.00. The SMILES string of the molecule is BOCCCCC.CC[N+](CC)(CC)CC. The van der Waals surface area contributed by atoms with E-state index in [1.807, 2.05) is 0 Å². The highest BCUT2D eigenvalue weighted by Gasteiger charge is 2.16. The third-order valence-corrected chi connectivity index (χ3v) is 3.64. The summed E-state index contributed by atoms with van der Waals surface area (Å²) < 4.78 is 6.12. The molecule has 0 rings (SSSR count). The van der Waals surface area contributed by atoms with E-state index in [1.54, 1.807) is 8.05 Å². The summed E-state index contributed by atoms with van der Waals surface area (Å²) in [6.45, 7) is 17.3. The van der Waals surface area contributed by atoms with Crippen molar-refractivity contribution in [3.05, 3.63) is 0 Å². The smallest absolute Gasteiger partial charge is 0.257 e. The Morgan fingerprint density at radius 2 is 1.25 bits per heavy atom. The largest absolute Gasteiger partial charge is 0.444 e. The molecular weight excluding hydrogens is 197 g/mol. The number of rotatable bonds is 8. The molecule has 0 aromatic rings. The van der Waals surface area contributed by atoms with E-state index in [2.05, 4.69) is 34.6 Å². The topological polar surface area (TPSA) is 9.23 Å². The van der Waals surface area contributed by atoms with Crippen LogP contribution in [0.1, 0.15) is 53.9 Å². The number of unbranched alkanes of at least 4 members (excludes halogenated alkanes) is 2. The molecule has 98 valence electrons. The Kier molecular flexibility index (Phi) is 15.0. The number of quaternary nitrogens is 1. The molecule has 0 radical (unpaired) electrons. The van der Waals surface area contributed by atoms with E-state index in [0.29, 0.717) is 0 Å². The van der Waals surface area contributed by atoms with E-state index in [0.717, 1.165) is 6.61 Å². The van der Waals surface area contributed by atoms with Gasteiger partial charge in [-0.15, -0.1) is 0 Å². The minimum atomic E-state index is 0.924. The lowest BCUT2D eigenvalue weighted by Crippen LogP contribution is -2.47. The molecule has 0 aromatic carbocycles. The van der Waals surface area contributed by atoms with Gasteiger partial charge in [0.25, 0.3) is 8.05 Å². The lowest BCUT2D eigenvalue weighted by Gasteiger charge is -2.34. The van der Waals surface area contributed by atoms with Gasteiger partial charge in [0.1, 0.15) is 0 Å². The molecule has 3 heteroatoms. The summed E-state index contributed by atoms with van der Waals surface area (Å²) >= 11 is 0. The Labute approximate surface area is 104 Å². The summed E-state index contributed by atoms with van der Waals surface area (Å²) in [4.78, 5) is 0. The maximum absolute atomic E-state index is 4.84. The minimum Gasteiger partial charge on any atom is -0.444 e. The molecular formula is C13H33BNO+. The van der Waals surface area contributed by atoms with Gasteiger partial charge in [0.05, 0.1) is 26.2 Å². The summed E-state index contributed by atoms with van der Waals surface area (Å²) in [6, 6.07) is 0. The summed E-state index contributed by atoms with van der Waals surface area (Å²) in [5.41, 5.74) is 0. The van der Waals surface area contributed by atoms with Crippen molar-refractivity contribution < 1.29 is 9.14 Å². The lowest BCUT2D eigenvalue weighted by atomic mass is 10.3. The van der Waals surface area contributed by atoms with Gasteiger partial charge in [0.15, 0.2) is 0 Å². The highest BCUT2D eigenvalue weighted by atomic mass is 16.4. The van der Waals surface area contributed by atoms with Crippen LogP contribution in [0.5, 0.6) is 0 Å². The molecule has 0 saturated carbocycles. The normalized spacial score (nSPS) is 10.8. The van der Waals surface area contributed by atoms with E-state index in [-0.39, 0.29) is 0 Å². The Morgan fingerprint density at radius 1 is 0.812 bits per heavy atom. The first-order chi connectivity index (χ1) is 7.66. The zero-order valence-corrected chi connectivity index (χ0v) is 12.5. The second kappa shape index (κ2) is 13.1. The van der Waals surface area contributed by atoms with Crippen LogP contribution >= 0.6 is 0 Å². The minimum absolute atomic E-state index is 0.924. The number of hydrogen-bond acceptors (Lipinski definition) is 1. The standard InChI is InChI=1S/C8H20N.C5H13BO/c1-5-9(6-2,7-3)8-4;1-2-3-4-5-7-6/h5-8H2,1-4H3;2-6H2,1H3/q+1;. The Morgan fingerprint density at radius 3 is 1.44 bits per heavy atom. The van der Waals surface area contributed by atoms with Gasteiger partial charge in [-0.05, 0) is 34.1 Å². The van der Waals surface area contributed by atoms with Gasteiger partial charge in [-0.3, -0.25) is 0 Å². The van der Waals surface area contributed by atoms with Crippen molar-refractivity contribution in [2.45, 2.75) is 53.9 Å². The molecule has 0 aromatic heterocycles. The molecule has 0 atom stereocenters. The predicted octanol–water partition coefficient (Wildman–Crippen LogP) is 2.62. The fourth-order valence-corrected chi connectivity index (χ4v) is 1.84. The second-order valence-corrected chi connectivity index (χ2v) is 4.31. The van der Waals surface area contributed by atoms with Crippen LogP contribution in [0, 0.1) is 0 Å². The summed E-state index contributed by atoms with van der Waals surface area (Å²) in [5, 5.41) is 0. The van der Waals surface area contributed by atoms with E-state index in [4.69, 9.17) is 4.65 Å². The highest BCUT2D eigenvalue weighted by molar-refractivity contribution is 5.97. The fourth-order valence-electron chi connectivity index (χ4n) is 1.84. The number of hydrogen-bond donors (Lipinski definition) is 0. The van der Waals surface area contributed by atoms with Crippen molar-refractivity contribution in [3.63, 3.8) is 0 Å². The summed E-state index contributed by atoms with van der Waals surface area (Å²) in [6.07, 6.45) is 3.80. The van der Waals surface area contributed by atoms with E-state index >= 15 is 0 Å². The lowest BCUT2D eigenvalue weighted by molar-refractivity contribution is -0.921. The van der Waals surface area contributed by atoms with Crippen molar-refractivity contribution in [2.24, 2.45) is 0 Å². The monoisotopic (exact) mass is 230 g/mol. The van der Waals surface area contributed by atoms with Crippen molar-refractivity contribution in [2.75, 3.05) is 32.8 Å². The average molecular weight is 230 g/mol. The molecule has 0 spiro atoms. The Bertz CT molecular complexity index is 106. The van der Waals surface area contributed by atoms with Crippen LogP contribution in [-0.2, 0) is 4.65 Å². The van der Waals surface area contributed by atoms with Crippen LogP contribution in [0.25, 0.3) is 0 Å². The molecule has 0 N–H and O–H groups in total. The number of nitrogens with zero attached hydrogens (tertiary/aromatic N) is 1. The highest BCUT2D eigenvalue weighted by Crippen LogP contribution is 2.03. The maximum Gasteiger partial charge on any atom is 0.257 e. The summed E-state index contributed by atoms with van der Waals surface area (Å²) in [7, 11) is 1.75.